The van der Waals surface area contributed by atoms with E-state index in [1.807, 2.05) is 22.2 Å². The molecule has 3 aromatic rings. The number of H-pyrrole nitrogens is 1. The maximum absolute atomic E-state index is 13.5. The van der Waals surface area contributed by atoms with E-state index >= 15 is 0 Å². The Morgan fingerprint density at radius 3 is 2.83 bits per heavy atom. The van der Waals surface area contributed by atoms with Gasteiger partial charge in [0, 0.05) is 61.5 Å². The fourth-order valence-electron chi connectivity index (χ4n) is 6.32. The molecule has 188 valence electrons. The van der Waals surface area contributed by atoms with Gasteiger partial charge in [0.25, 0.3) is 0 Å². The van der Waals surface area contributed by atoms with Crippen LogP contribution in [0.25, 0.3) is 22.2 Å². The summed E-state index contributed by atoms with van der Waals surface area (Å²) in [5.74, 6) is 0. The minimum atomic E-state index is 0.121. The Balaban J connectivity index is 1.22. The molecule has 3 saturated heterocycles. The number of nitrogens with zero attached hydrogens (tertiary/aromatic N) is 3. The number of likely N-dealkylation sites (tertiary alicyclic amines) is 1. The van der Waals surface area contributed by atoms with Crippen LogP contribution in [0.3, 0.4) is 0 Å². The second-order valence-electron chi connectivity index (χ2n) is 11.0. The van der Waals surface area contributed by atoms with Gasteiger partial charge in [0.1, 0.15) is 5.65 Å². The lowest BCUT2D eigenvalue weighted by Gasteiger charge is -2.39. The third kappa shape index (κ3) is 3.70. The number of urea groups is 1. The SMILES string of the molecule is Cc1c[nH]c2ncc(-c3cc4c(c([C@@H]5COCCN5)c3)CN(C(=O)N3CCC5(COC5)C3)CC4)cc12. The smallest absolute Gasteiger partial charge is 0.320 e. The molecule has 4 aliphatic rings. The van der Waals surface area contributed by atoms with Crippen LogP contribution in [-0.4, -0.2) is 78.4 Å². The van der Waals surface area contributed by atoms with Gasteiger partial charge in [-0.15, -0.1) is 0 Å². The molecule has 2 aromatic heterocycles. The van der Waals surface area contributed by atoms with E-state index in [4.69, 9.17) is 9.47 Å². The number of pyridine rings is 1. The molecule has 7 rings (SSSR count). The maximum atomic E-state index is 13.5. The van der Waals surface area contributed by atoms with Crippen LogP contribution in [-0.2, 0) is 22.4 Å². The van der Waals surface area contributed by atoms with Gasteiger partial charge < -0.3 is 29.6 Å². The number of rotatable bonds is 2. The van der Waals surface area contributed by atoms with Crippen LogP contribution in [0.15, 0.2) is 30.6 Å². The van der Waals surface area contributed by atoms with Gasteiger partial charge in [-0.05, 0) is 59.7 Å². The Bertz CT molecular complexity index is 1320. The molecule has 6 heterocycles. The number of aromatic nitrogens is 2. The number of hydrogen-bond acceptors (Lipinski definition) is 5. The molecule has 3 fully saturated rings. The highest BCUT2D eigenvalue weighted by atomic mass is 16.5. The van der Waals surface area contributed by atoms with Crippen LogP contribution in [0.2, 0.25) is 0 Å². The van der Waals surface area contributed by atoms with Gasteiger partial charge in [-0.3, -0.25) is 0 Å². The van der Waals surface area contributed by atoms with Gasteiger partial charge >= 0.3 is 6.03 Å². The number of fused-ring (bicyclic) bond motifs is 2. The molecule has 8 nitrogen and oxygen atoms in total. The Labute approximate surface area is 211 Å². The number of amides is 2. The first kappa shape index (κ1) is 22.3. The largest absolute Gasteiger partial charge is 0.380 e. The molecule has 1 atom stereocenters. The molecule has 2 N–H and O–H groups in total. The zero-order chi connectivity index (χ0) is 24.3. The van der Waals surface area contributed by atoms with E-state index in [0.29, 0.717) is 13.2 Å². The second-order valence-corrected chi connectivity index (χ2v) is 11.0. The number of aryl methyl sites for hydroxylation is 1. The van der Waals surface area contributed by atoms with Crippen LogP contribution >= 0.6 is 0 Å². The van der Waals surface area contributed by atoms with E-state index < -0.39 is 0 Å². The molecular weight excluding hydrogens is 454 g/mol. The Morgan fingerprint density at radius 1 is 1.14 bits per heavy atom. The summed E-state index contributed by atoms with van der Waals surface area (Å²) in [4.78, 5) is 25.5. The number of benzene rings is 1. The Morgan fingerprint density at radius 2 is 2.06 bits per heavy atom. The summed E-state index contributed by atoms with van der Waals surface area (Å²) in [5, 5.41) is 4.81. The first-order valence-electron chi connectivity index (χ1n) is 13.1. The zero-order valence-electron chi connectivity index (χ0n) is 20.8. The van der Waals surface area contributed by atoms with Crippen molar-refractivity contribution in [1.82, 2.24) is 25.1 Å². The molecule has 0 saturated carbocycles. The number of carbonyl (C=O) groups excluding carboxylic acids is 1. The molecule has 0 radical (unpaired) electrons. The average molecular weight is 488 g/mol. The van der Waals surface area contributed by atoms with E-state index in [9.17, 15) is 4.79 Å². The molecule has 1 spiro atoms. The van der Waals surface area contributed by atoms with Crippen molar-refractivity contribution in [2.24, 2.45) is 5.41 Å². The molecule has 8 heteroatoms. The topological polar surface area (TPSA) is 82.7 Å². The van der Waals surface area contributed by atoms with Crippen molar-refractivity contribution in [2.75, 3.05) is 52.6 Å². The van der Waals surface area contributed by atoms with Gasteiger partial charge in [-0.25, -0.2) is 9.78 Å². The number of morpholine rings is 1. The van der Waals surface area contributed by atoms with Crippen LogP contribution in [0.4, 0.5) is 4.79 Å². The third-order valence-corrected chi connectivity index (χ3v) is 8.54. The van der Waals surface area contributed by atoms with E-state index in [1.165, 1.54) is 27.8 Å². The summed E-state index contributed by atoms with van der Waals surface area (Å²) in [6, 6.07) is 7.13. The molecule has 0 unspecified atom stereocenters. The van der Waals surface area contributed by atoms with Crippen molar-refractivity contribution in [3.8, 4) is 11.1 Å². The molecule has 36 heavy (non-hydrogen) atoms. The number of carbonyl (C=O) groups is 1. The van der Waals surface area contributed by atoms with E-state index in [-0.39, 0.29) is 17.5 Å². The van der Waals surface area contributed by atoms with Crippen LogP contribution in [0.1, 0.15) is 34.7 Å². The van der Waals surface area contributed by atoms with Gasteiger partial charge in [-0.2, -0.15) is 0 Å². The van der Waals surface area contributed by atoms with Crippen molar-refractivity contribution in [2.45, 2.75) is 32.4 Å². The molecule has 0 aliphatic carbocycles. The van der Waals surface area contributed by atoms with Gasteiger partial charge in [-0.1, -0.05) is 6.07 Å². The van der Waals surface area contributed by atoms with Gasteiger partial charge in [0.05, 0.1) is 32.5 Å². The van der Waals surface area contributed by atoms with Crippen molar-refractivity contribution < 1.29 is 14.3 Å². The van der Waals surface area contributed by atoms with Crippen molar-refractivity contribution in [3.63, 3.8) is 0 Å². The highest BCUT2D eigenvalue weighted by Gasteiger charge is 2.46. The van der Waals surface area contributed by atoms with Gasteiger partial charge in [0.2, 0.25) is 0 Å². The summed E-state index contributed by atoms with van der Waals surface area (Å²) >= 11 is 0. The first-order chi connectivity index (χ1) is 17.6. The minimum absolute atomic E-state index is 0.121. The number of ether oxygens (including phenoxy) is 2. The molecular formula is C28H33N5O3. The Kier molecular flexibility index (Phi) is 5.30. The van der Waals surface area contributed by atoms with E-state index in [1.54, 1.807) is 0 Å². The van der Waals surface area contributed by atoms with Crippen molar-refractivity contribution in [3.05, 3.63) is 52.8 Å². The summed E-state index contributed by atoms with van der Waals surface area (Å²) < 4.78 is 11.3. The molecule has 1 aromatic carbocycles. The molecule has 0 bridgehead atoms. The zero-order valence-corrected chi connectivity index (χ0v) is 20.8. The average Bonchev–Trinajstić information content (AvgIpc) is 3.52. The highest BCUT2D eigenvalue weighted by Crippen LogP contribution is 2.39. The van der Waals surface area contributed by atoms with Crippen molar-refractivity contribution in [1.29, 1.82) is 0 Å². The second kappa shape index (κ2) is 8.57. The monoisotopic (exact) mass is 487 g/mol. The maximum Gasteiger partial charge on any atom is 0.320 e. The third-order valence-electron chi connectivity index (χ3n) is 8.54. The number of nitrogens with one attached hydrogen (secondary N) is 2. The summed E-state index contributed by atoms with van der Waals surface area (Å²) in [6.07, 6.45) is 5.88. The number of aromatic amines is 1. The molecule has 2 amide bonds. The standard InChI is InChI=1S/C28H33N5O3/c1-18-11-30-26-22(18)10-21(12-31-26)20-8-19-2-5-32(27(34)33-6-3-28(15-33)16-36-17-28)13-24(19)23(9-20)25-14-35-7-4-29-25/h8-12,25,29H,2-7,13-17H2,1H3,(H,30,31)/t25-/m0/s1. The number of hydrogen-bond donors (Lipinski definition) is 2. The summed E-state index contributed by atoms with van der Waals surface area (Å²) in [6.45, 7) is 8.97. The fraction of sp³-hybridized carbons (Fsp3) is 0.500. The summed E-state index contributed by atoms with van der Waals surface area (Å²) in [7, 11) is 0. The van der Waals surface area contributed by atoms with Crippen LogP contribution in [0, 0.1) is 12.3 Å². The fourth-order valence-corrected chi connectivity index (χ4v) is 6.32. The van der Waals surface area contributed by atoms with E-state index in [2.05, 4.69) is 40.4 Å². The quantitative estimate of drug-likeness (QED) is 0.579. The van der Waals surface area contributed by atoms with Crippen LogP contribution in [0.5, 0.6) is 0 Å². The predicted octanol–water partition coefficient (Wildman–Crippen LogP) is 3.40. The lowest BCUT2D eigenvalue weighted by atomic mass is 9.85. The van der Waals surface area contributed by atoms with Crippen molar-refractivity contribution >= 4 is 17.1 Å². The minimum Gasteiger partial charge on any atom is -0.380 e. The molecule has 4 aliphatic heterocycles. The van der Waals surface area contributed by atoms with Crippen LogP contribution < -0.4 is 5.32 Å². The Hall–Kier alpha value is -2.94. The van der Waals surface area contributed by atoms with Gasteiger partial charge in [0.15, 0.2) is 0 Å². The first-order valence-corrected chi connectivity index (χ1v) is 13.1. The highest BCUT2D eigenvalue weighted by molar-refractivity contribution is 5.84. The predicted molar refractivity (Wildman–Crippen MR) is 137 cm³/mol. The van der Waals surface area contributed by atoms with E-state index in [0.717, 1.165) is 75.4 Å². The normalized spacial score (nSPS) is 23.2. The lowest BCUT2D eigenvalue weighted by molar-refractivity contribution is -0.103. The summed E-state index contributed by atoms with van der Waals surface area (Å²) in [5.41, 5.74) is 8.47. The lowest BCUT2D eigenvalue weighted by Crippen LogP contribution is -2.49.